The van der Waals surface area contributed by atoms with Gasteiger partial charge in [-0.25, -0.2) is 4.98 Å². The summed E-state index contributed by atoms with van der Waals surface area (Å²) >= 11 is 0. The summed E-state index contributed by atoms with van der Waals surface area (Å²) in [6.45, 7) is 3.78. The first-order chi connectivity index (χ1) is 14.1. The zero-order valence-electron chi connectivity index (χ0n) is 16.8. The molecule has 0 saturated heterocycles. The quantitative estimate of drug-likeness (QED) is 0.501. The van der Waals surface area contributed by atoms with E-state index in [1.807, 2.05) is 55.5 Å². The maximum Gasteiger partial charge on any atom is 0.275 e. The van der Waals surface area contributed by atoms with Gasteiger partial charge in [0.2, 0.25) is 0 Å². The normalized spacial score (nSPS) is 13.2. The first-order valence-corrected chi connectivity index (χ1v) is 9.71. The highest BCUT2D eigenvalue weighted by Crippen LogP contribution is 2.10. The fourth-order valence-corrected chi connectivity index (χ4v) is 3.29. The number of ether oxygens (including phenoxy) is 1. The van der Waals surface area contributed by atoms with Crippen molar-refractivity contribution in [3.63, 3.8) is 0 Å². The molecule has 3 rings (SSSR count). The Bertz CT molecular complexity index is 1000. The Morgan fingerprint density at radius 2 is 1.90 bits per heavy atom. The van der Waals surface area contributed by atoms with Crippen LogP contribution in [0.1, 0.15) is 24.4 Å². The van der Waals surface area contributed by atoms with Crippen molar-refractivity contribution in [1.29, 1.82) is 0 Å². The van der Waals surface area contributed by atoms with Crippen LogP contribution in [0.4, 0.5) is 0 Å². The number of rotatable bonds is 9. The number of benzene rings is 2. The lowest BCUT2D eigenvalue weighted by molar-refractivity contribution is -0.906. The molecule has 0 saturated carbocycles. The van der Waals surface area contributed by atoms with Crippen LogP contribution in [0, 0.1) is 0 Å². The zero-order valence-corrected chi connectivity index (χ0v) is 16.8. The summed E-state index contributed by atoms with van der Waals surface area (Å²) in [5.41, 5.74) is 1.54. The number of methoxy groups -OCH3 is 1. The fourth-order valence-electron chi connectivity index (χ4n) is 3.29. The molecule has 7 nitrogen and oxygen atoms in total. The van der Waals surface area contributed by atoms with Crippen LogP contribution in [0.3, 0.4) is 0 Å². The molecule has 1 heterocycles. The minimum atomic E-state index is -0.168. The number of quaternary nitrogens is 1. The molecule has 0 fully saturated rings. The van der Waals surface area contributed by atoms with E-state index in [0.29, 0.717) is 36.4 Å². The number of carbonyl (C=O) groups is 1. The van der Waals surface area contributed by atoms with Gasteiger partial charge < -0.3 is 19.9 Å². The van der Waals surface area contributed by atoms with Crippen LogP contribution in [-0.2, 0) is 16.1 Å². The maximum absolute atomic E-state index is 12.6. The number of nitrogens with zero attached hydrogens (tertiary/aromatic N) is 1. The van der Waals surface area contributed by atoms with Gasteiger partial charge in [-0.15, -0.1) is 0 Å². The molecule has 7 heteroatoms. The first-order valence-electron chi connectivity index (χ1n) is 9.71. The molecule has 0 bridgehead atoms. The molecule has 0 aliphatic heterocycles. The lowest BCUT2D eigenvalue weighted by atomic mass is 10.1. The molecule has 0 spiro atoms. The third kappa shape index (κ3) is 5.73. The second-order valence-electron chi connectivity index (χ2n) is 7.08. The molecular formula is C22H27N4O3+. The van der Waals surface area contributed by atoms with Gasteiger partial charge in [0.1, 0.15) is 13.1 Å². The van der Waals surface area contributed by atoms with E-state index in [9.17, 15) is 9.59 Å². The number of hydrogen-bond donors (Lipinski definition) is 3. The minimum Gasteiger partial charge on any atom is -0.379 e. The van der Waals surface area contributed by atoms with E-state index in [1.54, 1.807) is 13.2 Å². The number of aromatic nitrogens is 2. The molecule has 152 valence electrons. The summed E-state index contributed by atoms with van der Waals surface area (Å²) in [5.74, 6) is 0.499. The zero-order chi connectivity index (χ0) is 20.6. The fraction of sp³-hybridized carbons (Fsp3) is 0.318. The van der Waals surface area contributed by atoms with Gasteiger partial charge in [0.25, 0.3) is 11.5 Å². The highest BCUT2D eigenvalue weighted by molar-refractivity contribution is 5.77. The molecule has 1 aromatic heterocycles. The van der Waals surface area contributed by atoms with E-state index >= 15 is 0 Å². The first kappa shape index (κ1) is 20.7. The summed E-state index contributed by atoms with van der Waals surface area (Å²) in [6.07, 6.45) is 0. The Morgan fingerprint density at radius 1 is 1.17 bits per heavy atom. The lowest BCUT2D eigenvalue weighted by Gasteiger charge is -2.20. The van der Waals surface area contributed by atoms with Crippen molar-refractivity contribution in [1.82, 2.24) is 15.3 Å². The van der Waals surface area contributed by atoms with E-state index in [1.165, 1.54) is 0 Å². The van der Waals surface area contributed by atoms with Gasteiger partial charge in [0.05, 0.1) is 23.6 Å². The number of nitrogens with one attached hydrogen (secondary N) is 3. The summed E-state index contributed by atoms with van der Waals surface area (Å²) in [5, 5.41) is 3.60. The van der Waals surface area contributed by atoms with Crippen LogP contribution < -0.4 is 15.8 Å². The number of H-pyrrole nitrogens is 1. The molecule has 0 aliphatic rings. The van der Waals surface area contributed by atoms with E-state index in [2.05, 4.69) is 15.3 Å². The average Bonchev–Trinajstić information content (AvgIpc) is 2.72. The number of hydrogen-bond acceptors (Lipinski definition) is 4. The van der Waals surface area contributed by atoms with E-state index in [4.69, 9.17) is 4.74 Å². The third-order valence-corrected chi connectivity index (χ3v) is 4.83. The molecular weight excluding hydrogens is 368 g/mol. The van der Waals surface area contributed by atoms with Crippen molar-refractivity contribution in [3.8, 4) is 0 Å². The second-order valence-corrected chi connectivity index (χ2v) is 7.08. The second kappa shape index (κ2) is 9.95. The van der Waals surface area contributed by atoms with Crippen molar-refractivity contribution in [2.75, 3.05) is 26.8 Å². The molecule has 3 aromatic rings. The van der Waals surface area contributed by atoms with E-state index in [-0.39, 0.29) is 24.1 Å². The van der Waals surface area contributed by atoms with Crippen LogP contribution in [-0.4, -0.2) is 42.7 Å². The summed E-state index contributed by atoms with van der Waals surface area (Å²) in [7, 11) is 1.63. The standard InChI is InChI=1S/C22H26N4O3/c1-16(17-8-4-3-5-9-17)23-21(27)15-26(12-13-29-2)14-20-24-19-11-7-6-10-18(19)22(28)25-20/h3-11,16H,12-15H2,1-2H3,(H,23,27)(H,24,25,28)/p+1/t16-/m1/s1. The number of amides is 1. The molecule has 0 radical (unpaired) electrons. The number of fused-ring (bicyclic) bond motifs is 1. The number of aromatic amines is 1. The predicted octanol–water partition coefficient (Wildman–Crippen LogP) is 0.832. The number of para-hydroxylation sites is 1. The van der Waals surface area contributed by atoms with Crippen molar-refractivity contribution < 1.29 is 14.4 Å². The Morgan fingerprint density at radius 3 is 2.66 bits per heavy atom. The van der Waals surface area contributed by atoms with Crippen LogP contribution >= 0.6 is 0 Å². The van der Waals surface area contributed by atoms with E-state index in [0.717, 1.165) is 10.5 Å². The molecule has 1 amide bonds. The molecule has 2 aromatic carbocycles. The largest absolute Gasteiger partial charge is 0.379 e. The van der Waals surface area contributed by atoms with Gasteiger partial charge in [-0.3, -0.25) is 9.59 Å². The number of carbonyl (C=O) groups excluding carboxylic acids is 1. The van der Waals surface area contributed by atoms with Gasteiger partial charge in [0.15, 0.2) is 12.4 Å². The van der Waals surface area contributed by atoms with Crippen molar-refractivity contribution in [2.24, 2.45) is 0 Å². The Kier molecular flexibility index (Phi) is 7.10. The van der Waals surface area contributed by atoms with Gasteiger partial charge in [0, 0.05) is 7.11 Å². The molecule has 0 aliphatic carbocycles. The van der Waals surface area contributed by atoms with Gasteiger partial charge in [-0.1, -0.05) is 42.5 Å². The Labute approximate surface area is 169 Å². The van der Waals surface area contributed by atoms with Crippen LogP contribution in [0.15, 0.2) is 59.4 Å². The van der Waals surface area contributed by atoms with Gasteiger partial charge >= 0.3 is 0 Å². The predicted molar refractivity (Wildman–Crippen MR) is 112 cm³/mol. The van der Waals surface area contributed by atoms with E-state index < -0.39 is 0 Å². The lowest BCUT2D eigenvalue weighted by Crippen LogP contribution is -3.12. The Balaban J connectivity index is 1.69. The van der Waals surface area contributed by atoms with Crippen molar-refractivity contribution >= 4 is 16.8 Å². The Hall–Kier alpha value is -3.03. The summed E-state index contributed by atoms with van der Waals surface area (Å²) in [6, 6.07) is 17.0. The molecule has 2 atom stereocenters. The average molecular weight is 395 g/mol. The topological polar surface area (TPSA) is 88.5 Å². The van der Waals surface area contributed by atoms with Crippen LogP contribution in [0.25, 0.3) is 10.9 Å². The minimum absolute atomic E-state index is 0.0596. The molecule has 3 N–H and O–H groups in total. The van der Waals surface area contributed by atoms with Gasteiger partial charge in [-0.2, -0.15) is 0 Å². The van der Waals surface area contributed by atoms with Crippen LogP contribution in [0.5, 0.6) is 0 Å². The van der Waals surface area contributed by atoms with Crippen molar-refractivity contribution in [2.45, 2.75) is 19.5 Å². The monoisotopic (exact) mass is 395 g/mol. The highest BCUT2D eigenvalue weighted by Gasteiger charge is 2.18. The smallest absolute Gasteiger partial charge is 0.275 e. The van der Waals surface area contributed by atoms with Crippen molar-refractivity contribution in [3.05, 3.63) is 76.3 Å². The van der Waals surface area contributed by atoms with Crippen LogP contribution in [0.2, 0.25) is 0 Å². The maximum atomic E-state index is 12.6. The summed E-state index contributed by atoms with van der Waals surface area (Å²) in [4.78, 5) is 33.3. The summed E-state index contributed by atoms with van der Waals surface area (Å²) < 4.78 is 5.19. The third-order valence-electron chi connectivity index (χ3n) is 4.83. The SMILES string of the molecule is COCC[NH+](CC(=O)N[C@H](C)c1ccccc1)Cc1nc2ccccc2c(=O)[nH]1. The molecule has 29 heavy (non-hydrogen) atoms. The highest BCUT2D eigenvalue weighted by atomic mass is 16.5. The van der Waals surface area contributed by atoms with Gasteiger partial charge in [-0.05, 0) is 24.6 Å². The molecule has 1 unspecified atom stereocenters.